The standard InChI is InChI=1S/C25H27F2N3O3S/c1-29(15-17-11-13-19(14-12-17)33-24(26)27)22(31)16-34-25-28-21-10-6-5-9-20(21)23(32)30(25)18-7-3-2-4-8-18/h5-6,9-14,18,24H,2-4,7-8,15-16H2,1H3. The minimum Gasteiger partial charge on any atom is -0.435 e. The topological polar surface area (TPSA) is 64.4 Å². The monoisotopic (exact) mass is 487 g/mol. The van der Waals surface area contributed by atoms with Crippen LogP contribution in [0.1, 0.15) is 43.7 Å². The summed E-state index contributed by atoms with van der Waals surface area (Å²) in [5.74, 6) is 0.0995. The fourth-order valence-corrected chi connectivity index (χ4v) is 5.27. The molecule has 3 aromatic rings. The van der Waals surface area contributed by atoms with Crippen molar-refractivity contribution in [3.05, 3.63) is 64.4 Å². The van der Waals surface area contributed by atoms with Gasteiger partial charge in [-0.05, 0) is 42.7 Å². The Morgan fingerprint density at radius 2 is 1.85 bits per heavy atom. The number of hydrogen-bond acceptors (Lipinski definition) is 5. The van der Waals surface area contributed by atoms with E-state index in [-0.39, 0.29) is 29.0 Å². The number of thioether (sulfide) groups is 1. The van der Waals surface area contributed by atoms with E-state index in [0.29, 0.717) is 22.6 Å². The summed E-state index contributed by atoms with van der Waals surface area (Å²) in [5.41, 5.74) is 1.38. The summed E-state index contributed by atoms with van der Waals surface area (Å²) in [7, 11) is 1.69. The molecular weight excluding hydrogens is 460 g/mol. The number of fused-ring (bicyclic) bond motifs is 1. The number of aromatic nitrogens is 2. The maximum Gasteiger partial charge on any atom is 0.387 e. The van der Waals surface area contributed by atoms with E-state index < -0.39 is 6.61 Å². The molecule has 1 aliphatic carbocycles. The molecule has 1 amide bonds. The van der Waals surface area contributed by atoms with Crippen molar-refractivity contribution in [2.45, 2.75) is 56.5 Å². The molecule has 1 aliphatic rings. The molecule has 9 heteroatoms. The molecule has 0 unspecified atom stereocenters. The quantitative estimate of drug-likeness (QED) is 0.321. The second kappa shape index (κ2) is 11.0. The molecule has 180 valence electrons. The number of carbonyl (C=O) groups excluding carboxylic acids is 1. The van der Waals surface area contributed by atoms with Crippen molar-refractivity contribution in [3.63, 3.8) is 0 Å². The van der Waals surface area contributed by atoms with Gasteiger partial charge >= 0.3 is 6.61 Å². The number of hydrogen-bond donors (Lipinski definition) is 0. The smallest absolute Gasteiger partial charge is 0.387 e. The van der Waals surface area contributed by atoms with E-state index >= 15 is 0 Å². The highest BCUT2D eigenvalue weighted by molar-refractivity contribution is 7.99. The van der Waals surface area contributed by atoms with Crippen LogP contribution in [0.2, 0.25) is 0 Å². The molecule has 34 heavy (non-hydrogen) atoms. The molecule has 1 fully saturated rings. The third kappa shape index (κ3) is 5.75. The van der Waals surface area contributed by atoms with Crippen molar-refractivity contribution in [3.8, 4) is 5.75 Å². The van der Waals surface area contributed by atoms with Gasteiger partial charge in [0.25, 0.3) is 5.56 Å². The van der Waals surface area contributed by atoms with Crippen molar-refractivity contribution >= 4 is 28.6 Å². The van der Waals surface area contributed by atoms with E-state index in [0.717, 1.165) is 31.2 Å². The predicted octanol–water partition coefficient (Wildman–Crippen LogP) is 5.25. The third-order valence-electron chi connectivity index (χ3n) is 6.03. The number of para-hydroxylation sites is 1. The first kappa shape index (κ1) is 24.2. The van der Waals surface area contributed by atoms with Crippen molar-refractivity contribution in [2.24, 2.45) is 0 Å². The third-order valence-corrected chi connectivity index (χ3v) is 6.97. The summed E-state index contributed by atoms with van der Waals surface area (Å²) in [6.07, 6.45) is 5.21. The number of carbonyl (C=O) groups is 1. The zero-order chi connectivity index (χ0) is 24.1. The van der Waals surface area contributed by atoms with Gasteiger partial charge in [-0.25, -0.2) is 4.98 Å². The Labute approximate surface area is 200 Å². The molecule has 6 nitrogen and oxygen atoms in total. The average molecular weight is 488 g/mol. The van der Waals surface area contributed by atoms with Crippen molar-refractivity contribution < 1.29 is 18.3 Å². The summed E-state index contributed by atoms with van der Waals surface area (Å²) in [4.78, 5) is 32.5. The Balaban J connectivity index is 1.47. The number of amides is 1. The molecule has 0 spiro atoms. The number of rotatable bonds is 8. The predicted molar refractivity (Wildman–Crippen MR) is 128 cm³/mol. The van der Waals surface area contributed by atoms with Gasteiger partial charge in [0.2, 0.25) is 5.91 Å². The van der Waals surface area contributed by atoms with Crippen LogP contribution in [0.25, 0.3) is 10.9 Å². The van der Waals surface area contributed by atoms with E-state index in [1.807, 2.05) is 18.2 Å². The summed E-state index contributed by atoms with van der Waals surface area (Å²) in [6.45, 7) is -2.54. The van der Waals surface area contributed by atoms with Gasteiger partial charge in [0.05, 0.1) is 16.7 Å². The summed E-state index contributed by atoms with van der Waals surface area (Å²) >= 11 is 1.28. The number of halogens is 2. The lowest BCUT2D eigenvalue weighted by molar-refractivity contribution is -0.127. The molecule has 0 aliphatic heterocycles. The van der Waals surface area contributed by atoms with Crippen LogP contribution in [0.4, 0.5) is 8.78 Å². The van der Waals surface area contributed by atoms with Gasteiger partial charge in [0, 0.05) is 19.6 Å². The number of alkyl halides is 2. The molecule has 0 saturated heterocycles. The SMILES string of the molecule is CN(Cc1ccc(OC(F)F)cc1)C(=O)CSc1nc2ccccc2c(=O)n1C1CCCCC1. The minimum atomic E-state index is -2.87. The second-order valence-corrected chi connectivity index (χ2v) is 9.38. The Bertz CT molecular complexity index is 1190. The van der Waals surface area contributed by atoms with E-state index in [9.17, 15) is 18.4 Å². The van der Waals surface area contributed by atoms with Crippen molar-refractivity contribution in [2.75, 3.05) is 12.8 Å². The van der Waals surface area contributed by atoms with Gasteiger partial charge in [0.15, 0.2) is 5.16 Å². The lowest BCUT2D eigenvalue weighted by Crippen LogP contribution is -2.30. The average Bonchev–Trinajstić information content (AvgIpc) is 2.84. The molecular formula is C25H27F2N3O3S. The van der Waals surface area contributed by atoms with E-state index in [2.05, 4.69) is 4.74 Å². The van der Waals surface area contributed by atoms with Gasteiger partial charge < -0.3 is 9.64 Å². The highest BCUT2D eigenvalue weighted by atomic mass is 32.2. The molecule has 4 rings (SSSR count). The molecule has 1 heterocycles. The molecule has 1 aromatic heterocycles. The molecule has 0 radical (unpaired) electrons. The summed E-state index contributed by atoms with van der Waals surface area (Å²) in [5, 5.41) is 1.17. The lowest BCUT2D eigenvalue weighted by atomic mass is 9.95. The van der Waals surface area contributed by atoms with Crippen LogP contribution in [-0.2, 0) is 11.3 Å². The van der Waals surface area contributed by atoms with Gasteiger partial charge in [0.1, 0.15) is 5.75 Å². The van der Waals surface area contributed by atoms with Gasteiger partial charge in [-0.15, -0.1) is 0 Å². The Hall–Kier alpha value is -2.94. The van der Waals surface area contributed by atoms with E-state index in [4.69, 9.17) is 4.98 Å². The fourth-order valence-electron chi connectivity index (χ4n) is 4.26. The first-order valence-electron chi connectivity index (χ1n) is 11.3. The van der Waals surface area contributed by atoms with Crippen LogP contribution in [0.3, 0.4) is 0 Å². The molecule has 2 aromatic carbocycles. The van der Waals surface area contributed by atoms with Crippen LogP contribution in [0.15, 0.2) is 58.5 Å². The normalized spacial score (nSPS) is 14.5. The van der Waals surface area contributed by atoms with E-state index in [1.54, 1.807) is 34.7 Å². The Morgan fingerprint density at radius 1 is 1.15 bits per heavy atom. The fraction of sp³-hybridized carbons (Fsp3) is 0.400. The highest BCUT2D eigenvalue weighted by Crippen LogP contribution is 2.31. The van der Waals surface area contributed by atoms with Crippen LogP contribution in [0, 0.1) is 0 Å². The summed E-state index contributed by atoms with van der Waals surface area (Å²) < 4.78 is 30.8. The zero-order valence-electron chi connectivity index (χ0n) is 19.0. The largest absolute Gasteiger partial charge is 0.435 e. The second-order valence-electron chi connectivity index (χ2n) is 8.44. The first-order valence-corrected chi connectivity index (χ1v) is 12.3. The molecule has 0 bridgehead atoms. The van der Waals surface area contributed by atoms with Crippen molar-refractivity contribution in [1.29, 1.82) is 0 Å². The van der Waals surface area contributed by atoms with Crippen LogP contribution >= 0.6 is 11.8 Å². The maximum absolute atomic E-state index is 13.3. The van der Waals surface area contributed by atoms with Gasteiger partial charge in [-0.3, -0.25) is 14.2 Å². The first-order chi connectivity index (χ1) is 16.4. The van der Waals surface area contributed by atoms with E-state index in [1.165, 1.54) is 30.3 Å². The van der Waals surface area contributed by atoms with Gasteiger partial charge in [-0.1, -0.05) is 55.3 Å². The van der Waals surface area contributed by atoms with Crippen LogP contribution in [0.5, 0.6) is 5.75 Å². The lowest BCUT2D eigenvalue weighted by Gasteiger charge is -2.26. The Kier molecular flexibility index (Phi) is 7.82. The maximum atomic E-state index is 13.3. The van der Waals surface area contributed by atoms with Gasteiger partial charge in [-0.2, -0.15) is 8.78 Å². The van der Waals surface area contributed by atoms with Crippen LogP contribution < -0.4 is 10.3 Å². The van der Waals surface area contributed by atoms with Crippen molar-refractivity contribution in [1.82, 2.24) is 14.5 Å². The number of nitrogens with zero attached hydrogens (tertiary/aromatic N) is 3. The minimum absolute atomic E-state index is 0.0492. The van der Waals surface area contributed by atoms with Crippen LogP contribution in [-0.4, -0.2) is 39.8 Å². The zero-order valence-corrected chi connectivity index (χ0v) is 19.8. The Morgan fingerprint density at radius 3 is 2.56 bits per heavy atom. The molecule has 1 saturated carbocycles. The number of benzene rings is 2. The number of ether oxygens (including phenoxy) is 1. The molecule has 0 N–H and O–H groups in total. The molecule has 0 atom stereocenters. The highest BCUT2D eigenvalue weighted by Gasteiger charge is 2.23. The summed E-state index contributed by atoms with van der Waals surface area (Å²) in [6, 6.07) is 13.6.